The van der Waals surface area contributed by atoms with E-state index in [9.17, 15) is 0 Å². The molecule has 1 aliphatic carbocycles. The Bertz CT molecular complexity index is 112. The third-order valence-electron chi connectivity index (χ3n) is 2.41. The summed E-state index contributed by atoms with van der Waals surface area (Å²) in [5, 5.41) is 7.32. The van der Waals surface area contributed by atoms with E-state index in [1.807, 2.05) is 0 Å². The summed E-state index contributed by atoms with van der Waals surface area (Å²) >= 11 is 0. The van der Waals surface area contributed by atoms with Gasteiger partial charge < -0.3 is 0 Å². The summed E-state index contributed by atoms with van der Waals surface area (Å²) in [5.41, 5.74) is 0.764. The van der Waals surface area contributed by atoms with Crippen LogP contribution in [0.15, 0.2) is 0 Å². The Morgan fingerprint density at radius 2 is 1.90 bits per heavy atom. The van der Waals surface area contributed by atoms with Gasteiger partial charge in [-0.2, -0.15) is 5.26 Å². The quantitative estimate of drug-likeness (QED) is 0.547. The average molecular weight is 139 g/mol. The first kappa shape index (κ1) is 9.49. The molecular weight excluding hydrogens is 122 g/mol. The summed E-state index contributed by atoms with van der Waals surface area (Å²) in [4.78, 5) is 0. The molecule has 1 saturated carbocycles. The minimum atomic E-state index is 0.764. The van der Waals surface area contributed by atoms with Crippen LogP contribution in [0.2, 0.25) is 0 Å². The maximum atomic E-state index is 7.32. The van der Waals surface area contributed by atoms with Gasteiger partial charge in [0, 0.05) is 6.92 Å². The van der Waals surface area contributed by atoms with Crippen LogP contribution in [0.4, 0.5) is 0 Å². The van der Waals surface area contributed by atoms with E-state index < -0.39 is 0 Å². The third-order valence-corrected chi connectivity index (χ3v) is 2.41. The van der Waals surface area contributed by atoms with Gasteiger partial charge in [-0.25, -0.2) is 0 Å². The molecule has 0 atom stereocenters. The van der Waals surface area contributed by atoms with Crippen molar-refractivity contribution in [2.45, 2.75) is 46.5 Å². The van der Waals surface area contributed by atoms with Crippen LogP contribution >= 0.6 is 0 Å². The zero-order chi connectivity index (χ0) is 8.04. The first-order valence-electron chi connectivity index (χ1n) is 3.99. The summed E-state index contributed by atoms with van der Waals surface area (Å²) in [6.07, 6.45) is 5.81. The van der Waals surface area contributed by atoms with Crippen LogP contribution in [0, 0.1) is 16.7 Å². The average Bonchev–Trinajstić information content (AvgIpc) is 1.85. The summed E-state index contributed by atoms with van der Waals surface area (Å²) in [6.45, 7) is 6.11. The summed E-state index contributed by atoms with van der Waals surface area (Å²) in [7, 11) is 0. The molecule has 1 nitrogen and oxygen atoms in total. The predicted octanol–water partition coefficient (Wildman–Crippen LogP) is 3.12. The van der Waals surface area contributed by atoms with Gasteiger partial charge in [-0.15, -0.1) is 0 Å². The van der Waals surface area contributed by atoms with Crippen LogP contribution in [0.3, 0.4) is 0 Å². The second-order valence-corrected chi connectivity index (χ2v) is 3.24. The van der Waals surface area contributed by atoms with Crippen LogP contribution in [0.25, 0.3) is 0 Å². The molecule has 1 rings (SSSR count). The zero-order valence-electron chi connectivity index (χ0n) is 7.28. The van der Waals surface area contributed by atoms with E-state index in [0.717, 1.165) is 5.41 Å². The van der Waals surface area contributed by atoms with Crippen LogP contribution in [-0.2, 0) is 0 Å². The Balaban J connectivity index is 0.000000236. The lowest BCUT2D eigenvalue weighted by atomic mass is 9.69. The molecule has 0 bridgehead atoms. The lowest BCUT2D eigenvalue weighted by Crippen LogP contribution is -2.23. The van der Waals surface area contributed by atoms with E-state index in [0.29, 0.717) is 0 Å². The van der Waals surface area contributed by atoms with Crippen LogP contribution in [0.5, 0.6) is 0 Å². The van der Waals surface area contributed by atoms with Gasteiger partial charge in [0.2, 0.25) is 0 Å². The first-order valence-corrected chi connectivity index (χ1v) is 3.99. The minimum absolute atomic E-state index is 0.764. The number of hydrogen-bond donors (Lipinski definition) is 0. The van der Waals surface area contributed by atoms with Gasteiger partial charge in [-0.1, -0.05) is 26.7 Å². The Hall–Kier alpha value is -0.510. The van der Waals surface area contributed by atoms with Crippen molar-refractivity contribution in [2.24, 2.45) is 5.41 Å². The van der Waals surface area contributed by atoms with Crippen molar-refractivity contribution in [3.05, 3.63) is 0 Å². The molecule has 1 aliphatic rings. The van der Waals surface area contributed by atoms with E-state index in [4.69, 9.17) is 5.26 Å². The van der Waals surface area contributed by atoms with E-state index in [-0.39, 0.29) is 0 Å². The van der Waals surface area contributed by atoms with Gasteiger partial charge in [0.1, 0.15) is 0 Å². The lowest BCUT2D eigenvalue weighted by molar-refractivity contribution is 0.155. The van der Waals surface area contributed by atoms with Crippen LogP contribution in [-0.4, -0.2) is 0 Å². The maximum Gasteiger partial charge on any atom is 0.0587 e. The fourth-order valence-electron chi connectivity index (χ4n) is 1.13. The van der Waals surface area contributed by atoms with Crippen molar-refractivity contribution >= 4 is 0 Å². The van der Waals surface area contributed by atoms with E-state index >= 15 is 0 Å². The van der Waals surface area contributed by atoms with E-state index in [2.05, 4.69) is 13.8 Å². The molecule has 0 aromatic heterocycles. The summed E-state index contributed by atoms with van der Waals surface area (Å²) in [5.74, 6) is 0. The summed E-state index contributed by atoms with van der Waals surface area (Å²) in [6, 6.07) is 1.75. The van der Waals surface area contributed by atoms with Gasteiger partial charge in [0.15, 0.2) is 0 Å². The van der Waals surface area contributed by atoms with Crippen molar-refractivity contribution < 1.29 is 0 Å². The molecule has 0 aliphatic heterocycles. The smallest absolute Gasteiger partial charge is 0.0587 e. The fourth-order valence-corrected chi connectivity index (χ4v) is 1.13. The standard InChI is InChI=1S/C7H14.C2H3N/c1-3-7(2)5-4-6-7;1-2-3/h3-6H2,1-2H3;1H3. The molecule has 58 valence electrons. The van der Waals surface area contributed by atoms with Crippen LogP contribution < -0.4 is 0 Å². The van der Waals surface area contributed by atoms with Crippen molar-refractivity contribution in [2.75, 3.05) is 0 Å². The molecule has 1 heteroatoms. The molecular formula is C9H17N. The highest BCUT2D eigenvalue weighted by Gasteiger charge is 2.28. The number of hydrogen-bond acceptors (Lipinski definition) is 1. The Kier molecular flexibility index (Phi) is 4.11. The molecule has 0 radical (unpaired) electrons. The molecule has 1 fully saturated rings. The Morgan fingerprint density at radius 1 is 1.50 bits per heavy atom. The molecule has 0 heterocycles. The van der Waals surface area contributed by atoms with Crippen LogP contribution in [0.1, 0.15) is 46.5 Å². The largest absolute Gasteiger partial charge is 0.199 e. The Labute approximate surface area is 64.1 Å². The molecule has 0 aromatic rings. The third kappa shape index (κ3) is 2.87. The highest BCUT2D eigenvalue weighted by molar-refractivity contribution is 4.81. The van der Waals surface area contributed by atoms with Gasteiger partial charge in [0.25, 0.3) is 0 Å². The zero-order valence-corrected chi connectivity index (χ0v) is 7.28. The number of rotatable bonds is 1. The van der Waals surface area contributed by atoms with Gasteiger partial charge in [0.05, 0.1) is 6.07 Å². The fraction of sp³-hybridized carbons (Fsp3) is 0.889. The van der Waals surface area contributed by atoms with Crippen molar-refractivity contribution in [3.63, 3.8) is 0 Å². The predicted molar refractivity (Wildman–Crippen MR) is 43.5 cm³/mol. The molecule has 0 unspecified atom stereocenters. The van der Waals surface area contributed by atoms with Gasteiger partial charge in [-0.05, 0) is 18.3 Å². The molecule has 0 N–H and O–H groups in total. The molecule has 0 amide bonds. The van der Waals surface area contributed by atoms with E-state index in [1.54, 1.807) is 6.07 Å². The highest BCUT2D eigenvalue weighted by atomic mass is 14.3. The Morgan fingerprint density at radius 3 is 1.90 bits per heavy atom. The molecule has 0 spiro atoms. The molecule has 0 saturated heterocycles. The highest BCUT2D eigenvalue weighted by Crippen LogP contribution is 2.42. The van der Waals surface area contributed by atoms with Gasteiger partial charge >= 0.3 is 0 Å². The van der Waals surface area contributed by atoms with Crippen molar-refractivity contribution in [3.8, 4) is 6.07 Å². The lowest BCUT2D eigenvalue weighted by Gasteiger charge is -2.37. The number of nitrogens with zero attached hydrogens (tertiary/aromatic N) is 1. The van der Waals surface area contributed by atoms with Crippen molar-refractivity contribution in [1.29, 1.82) is 5.26 Å². The van der Waals surface area contributed by atoms with Gasteiger partial charge in [-0.3, -0.25) is 0 Å². The minimum Gasteiger partial charge on any atom is -0.199 e. The molecule has 0 aromatic carbocycles. The van der Waals surface area contributed by atoms with Crippen molar-refractivity contribution in [1.82, 2.24) is 0 Å². The monoisotopic (exact) mass is 139 g/mol. The SMILES string of the molecule is CC#N.CCC1(C)CCC1. The van der Waals surface area contributed by atoms with E-state index in [1.165, 1.54) is 32.6 Å². The molecule has 10 heavy (non-hydrogen) atoms. The topological polar surface area (TPSA) is 23.8 Å². The number of nitriles is 1. The summed E-state index contributed by atoms with van der Waals surface area (Å²) < 4.78 is 0. The second-order valence-electron chi connectivity index (χ2n) is 3.24. The normalized spacial score (nSPS) is 19.4. The first-order chi connectivity index (χ1) is 4.68. The maximum absolute atomic E-state index is 7.32. The second kappa shape index (κ2) is 4.33.